The second-order valence-electron chi connectivity index (χ2n) is 5.04. The summed E-state index contributed by atoms with van der Waals surface area (Å²) in [5.74, 6) is -0.271. The molecule has 1 aromatic heterocycles. The van der Waals surface area contributed by atoms with Gasteiger partial charge in [-0.25, -0.2) is 0 Å². The van der Waals surface area contributed by atoms with E-state index < -0.39 is 0 Å². The van der Waals surface area contributed by atoms with Crippen LogP contribution in [0.15, 0.2) is 60.8 Å². The molecule has 5 heteroatoms. The fourth-order valence-electron chi connectivity index (χ4n) is 2.39. The van der Waals surface area contributed by atoms with E-state index in [0.717, 1.165) is 11.3 Å². The zero-order chi connectivity index (χ0) is 16.2. The molecule has 0 bridgehead atoms. The summed E-state index contributed by atoms with van der Waals surface area (Å²) in [5.41, 5.74) is 3.31. The number of hydrogen-bond donors (Lipinski definition) is 1. The molecule has 0 unspecified atom stereocenters. The summed E-state index contributed by atoms with van der Waals surface area (Å²) in [6, 6.07) is 18.4. The Morgan fingerprint density at radius 1 is 1.17 bits per heavy atom. The molecule has 0 aliphatic rings. The Labute approximate surface area is 133 Å². The van der Waals surface area contributed by atoms with Gasteiger partial charge < -0.3 is 5.32 Å². The van der Waals surface area contributed by atoms with Crippen LogP contribution in [0.1, 0.15) is 15.9 Å². The van der Waals surface area contributed by atoms with Crippen molar-refractivity contribution >= 4 is 11.6 Å². The molecule has 2 aromatic carbocycles. The van der Waals surface area contributed by atoms with Gasteiger partial charge in [-0.15, -0.1) is 0 Å². The van der Waals surface area contributed by atoms with Crippen molar-refractivity contribution < 1.29 is 4.79 Å². The van der Waals surface area contributed by atoms with E-state index in [4.69, 9.17) is 5.26 Å². The number of carbonyl (C=O) groups excluding carboxylic acids is 1. The number of nitrogens with one attached hydrogen (secondary N) is 1. The molecule has 1 N–H and O–H groups in total. The van der Waals surface area contributed by atoms with E-state index in [1.165, 1.54) is 0 Å². The van der Waals surface area contributed by atoms with Gasteiger partial charge in [-0.1, -0.05) is 36.4 Å². The van der Waals surface area contributed by atoms with Crippen molar-refractivity contribution in [1.29, 1.82) is 5.26 Å². The molecule has 5 nitrogen and oxygen atoms in total. The highest BCUT2D eigenvalue weighted by molar-refractivity contribution is 6.06. The predicted molar refractivity (Wildman–Crippen MR) is 87.8 cm³/mol. The second kappa shape index (κ2) is 6.16. The molecule has 0 radical (unpaired) electrons. The Morgan fingerprint density at radius 2 is 1.96 bits per heavy atom. The zero-order valence-electron chi connectivity index (χ0n) is 12.5. The summed E-state index contributed by atoms with van der Waals surface area (Å²) in [6.07, 6.45) is 1.62. The van der Waals surface area contributed by atoms with Crippen molar-refractivity contribution in [2.24, 2.45) is 7.05 Å². The van der Waals surface area contributed by atoms with Crippen LogP contribution in [0, 0.1) is 11.3 Å². The maximum absolute atomic E-state index is 12.4. The number of aryl methyl sites for hydroxylation is 1. The SMILES string of the molecule is Cn1ncc(NC(=O)c2cccc(C#N)c2)c1-c1ccccc1. The average molecular weight is 302 g/mol. The Balaban J connectivity index is 1.92. The number of benzene rings is 2. The molecule has 0 saturated heterocycles. The topological polar surface area (TPSA) is 70.7 Å². The van der Waals surface area contributed by atoms with Crippen molar-refractivity contribution in [1.82, 2.24) is 9.78 Å². The molecule has 0 aliphatic heterocycles. The standard InChI is InChI=1S/C18H14N4O/c1-22-17(14-7-3-2-4-8-14)16(12-20-22)21-18(23)15-9-5-6-13(10-15)11-19/h2-10,12H,1H3,(H,21,23). The van der Waals surface area contributed by atoms with Crippen LogP contribution in [0.3, 0.4) is 0 Å². The number of nitriles is 1. The molecular formula is C18H14N4O. The molecule has 0 saturated carbocycles. The molecule has 3 aromatic rings. The Hall–Kier alpha value is -3.39. The van der Waals surface area contributed by atoms with Gasteiger partial charge in [0, 0.05) is 18.2 Å². The summed E-state index contributed by atoms with van der Waals surface area (Å²) in [4.78, 5) is 12.4. The molecule has 1 amide bonds. The monoisotopic (exact) mass is 302 g/mol. The van der Waals surface area contributed by atoms with Gasteiger partial charge in [0.2, 0.25) is 0 Å². The zero-order valence-corrected chi connectivity index (χ0v) is 12.5. The molecule has 1 heterocycles. The lowest BCUT2D eigenvalue weighted by Gasteiger charge is -2.08. The highest BCUT2D eigenvalue weighted by atomic mass is 16.1. The fourth-order valence-corrected chi connectivity index (χ4v) is 2.39. The molecule has 3 rings (SSSR count). The van der Waals surface area contributed by atoms with Crippen molar-refractivity contribution in [3.05, 3.63) is 71.9 Å². The molecule has 112 valence electrons. The van der Waals surface area contributed by atoms with E-state index >= 15 is 0 Å². The number of nitrogens with zero attached hydrogens (tertiary/aromatic N) is 3. The van der Waals surface area contributed by atoms with Crippen LogP contribution >= 0.6 is 0 Å². The highest BCUT2D eigenvalue weighted by Gasteiger charge is 2.14. The lowest BCUT2D eigenvalue weighted by molar-refractivity contribution is 0.102. The maximum Gasteiger partial charge on any atom is 0.255 e. The maximum atomic E-state index is 12.4. The van der Waals surface area contributed by atoms with E-state index in [2.05, 4.69) is 10.4 Å². The van der Waals surface area contributed by atoms with Crippen LogP contribution in [0.5, 0.6) is 0 Å². The van der Waals surface area contributed by atoms with Gasteiger partial charge in [0.25, 0.3) is 5.91 Å². The van der Waals surface area contributed by atoms with Gasteiger partial charge in [-0.05, 0) is 18.2 Å². The number of rotatable bonds is 3. The number of hydrogen-bond acceptors (Lipinski definition) is 3. The number of anilines is 1. The van der Waals surface area contributed by atoms with Crippen molar-refractivity contribution in [3.63, 3.8) is 0 Å². The van der Waals surface area contributed by atoms with Gasteiger partial charge in [-0.2, -0.15) is 10.4 Å². The minimum atomic E-state index is -0.271. The summed E-state index contributed by atoms with van der Waals surface area (Å²) in [7, 11) is 1.83. The third-order valence-corrected chi connectivity index (χ3v) is 3.49. The van der Waals surface area contributed by atoms with Crippen LogP contribution in [0.25, 0.3) is 11.3 Å². The minimum Gasteiger partial charge on any atom is -0.319 e. The van der Waals surface area contributed by atoms with Crippen LogP contribution in [0.4, 0.5) is 5.69 Å². The van der Waals surface area contributed by atoms with Crippen molar-refractivity contribution in [2.75, 3.05) is 5.32 Å². The summed E-state index contributed by atoms with van der Waals surface area (Å²) in [5, 5.41) is 16.0. The first-order valence-corrected chi connectivity index (χ1v) is 7.08. The van der Waals surface area contributed by atoms with E-state index in [0.29, 0.717) is 16.8 Å². The largest absolute Gasteiger partial charge is 0.319 e. The molecule has 0 atom stereocenters. The average Bonchev–Trinajstić information content (AvgIpc) is 2.96. The number of amides is 1. The summed E-state index contributed by atoms with van der Waals surface area (Å²) in [6.45, 7) is 0. The van der Waals surface area contributed by atoms with E-state index in [1.54, 1.807) is 35.1 Å². The van der Waals surface area contributed by atoms with E-state index in [-0.39, 0.29) is 5.91 Å². The van der Waals surface area contributed by atoms with Crippen LogP contribution in [-0.4, -0.2) is 15.7 Å². The molecule has 0 spiro atoms. The van der Waals surface area contributed by atoms with Crippen LogP contribution in [-0.2, 0) is 7.05 Å². The highest BCUT2D eigenvalue weighted by Crippen LogP contribution is 2.27. The van der Waals surface area contributed by atoms with E-state index in [9.17, 15) is 4.79 Å². The third kappa shape index (κ3) is 2.97. The molecular weight excluding hydrogens is 288 g/mol. The van der Waals surface area contributed by atoms with E-state index in [1.807, 2.05) is 43.4 Å². The Morgan fingerprint density at radius 3 is 2.70 bits per heavy atom. The fraction of sp³-hybridized carbons (Fsp3) is 0.0556. The number of aromatic nitrogens is 2. The summed E-state index contributed by atoms with van der Waals surface area (Å²) >= 11 is 0. The minimum absolute atomic E-state index is 0.271. The first kappa shape index (κ1) is 14.5. The third-order valence-electron chi connectivity index (χ3n) is 3.49. The molecule has 23 heavy (non-hydrogen) atoms. The first-order valence-electron chi connectivity index (χ1n) is 7.08. The van der Waals surface area contributed by atoms with Crippen molar-refractivity contribution in [2.45, 2.75) is 0 Å². The van der Waals surface area contributed by atoms with Gasteiger partial charge >= 0.3 is 0 Å². The Kier molecular flexibility index (Phi) is 3.89. The van der Waals surface area contributed by atoms with Gasteiger partial charge in [0.15, 0.2) is 0 Å². The van der Waals surface area contributed by atoms with Crippen LogP contribution < -0.4 is 5.32 Å². The lowest BCUT2D eigenvalue weighted by atomic mass is 10.1. The van der Waals surface area contributed by atoms with Gasteiger partial charge in [0.1, 0.15) is 0 Å². The normalized spacial score (nSPS) is 10.1. The quantitative estimate of drug-likeness (QED) is 0.807. The predicted octanol–water partition coefficient (Wildman–Crippen LogP) is 3.21. The smallest absolute Gasteiger partial charge is 0.255 e. The second-order valence-corrected chi connectivity index (χ2v) is 5.04. The molecule has 0 fully saturated rings. The van der Waals surface area contributed by atoms with Crippen molar-refractivity contribution in [3.8, 4) is 17.3 Å². The van der Waals surface area contributed by atoms with Gasteiger partial charge in [-0.3, -0.25) is 9.48 Å². The Bertz CT molecular complexity index is 891. The first-order chi connectivity index (χ1) is 11.2. The summed E-state index contributed by atoms with van der Waals surface area (Å²) < 4.78 is 1.72. The number of carbonyl (C=O) groups is 1. The lowest BCUT2D eigenvalue weighted by Crippen LogP contribution is -2.12. The van der Waals surface area contributed by atoms with Crippen LogP contribution in [0.2, 0.25) is 0 Å². The molecule has 0 aliphatic carbocycles. The van der Waals surface area contributed by atoms with Gasteiger partial charge in [0.05, 0.1) is 29.2 Å².